The van der Waals surface area contributed by atoms with Crippen molar-refractivity contribution in [1.82, 2.24) is 9.88 Å². The number of rotatable bonds is 3. The minimum atomic E-state index is -0.304. The number of likely N-dealkylation sites (tertiary alicyclic amines) is 1. The maximum atomic E-state index is 12.0. The van der Waals surface area contributed by atoms with E-state index in [0.717, 1.165) is 66.4 Å². The first-order valence-corrected chi connectivity index (χ1v) is 11.8. The minimum Gasteiger partial charge on any atom is -0.508 e. The predicted molar refractivity (Wildman–Crippen MR) is 130 cm³/mol. The van der Waals surface area contributed by atoms with Crippen molar-refractivity contribution >= 4 is 23.3 Å². The normalized spacial score (nSPS) is 20.5. The molecular formula is C26H30ClN3O3. The monoisotopic (exact) mass is 467 g/mol. The summed E-state index contributed by atoms with van der Waals surface area (Å²) in [6.45, 7) is 13.4. The number of halogens is 1. The lowest BCUT2D eigenvalue weighted by atomic mass is 9.79. The quantitative estimate of drug-likeness (QED) is 0.673. The van der Waals surface area contributed by atoms with E-state index in [0.29, 0.717) is 18.1 Å². The van der Waals surface area contributed by atoms with Crippen LogP contribution in [0.25, 0.3) is 11.1 Å². The lowest BCUT2D eigenvalue weighted by Gasteiger charge is -2.47. The third kappa shape index (κ3) is 3.79. The number of carbonyl (C=O) groups excluding carboxylic acids is 1. The number of amides is 1. The van der Waals surface area contributed by atoms with Crippen molar-refractivity contribution in [3.8, 4) is 16.9 Å². The number of nitrogens with zero attached hydrogens (tertiary/aromatic N) is 3. The van der Waals surface area contributed by atoms with Gasteiger partial charge in [-0.1, -0.05) is 24.2 Å². The third-order valence-electron chi connectivity index (χ3n) is 7.27. The Morgan fingerprint density at radius 1 is 1.30 bits per heavy atom. The van der Waals surface area contributed by atoms with Gasteiger partial charge in [0.25, 0.3) is 0 Å². The topological polar surface area (TPSA) is 65.9 Å². The molecule has 3 aliphatic rings. The molecule has 1 spiro atoms. The highest BCUT2D eigenvalue weighted by Gasteiger charge is 2.49. The molecule has 1 aromatic heterocycles. The van der Waals surface area contributed by atoms with E-state index in [1.54, 1.807) is 12.1 Å². The summed E-state index contributed by atoms with van der Waals surface area (Å²) in [4.78, 5) is 21.1. The molecule has 33 heavy (non-hydrogen) atoms. The van der Waals surface area contributed by atoms with Crippen molar-refractivity contribution in [2.45, 2.75) is 45.8 Å². The van der Waals surface area contributed by atoms with Crippen LogP contribution in [0.4, 0.5) is 5.82 Å². The van der Waals surface area contributed by atoms with Crippen LogP contribution < -0.4 is 4.90 Å². The summed E-state index contributed by atoms with van der Waals surface area (Å²) in [6.07, 6.45) is 3.07. The Hall–Kier alpha value is -2.57. The number of aromatic nitrogens is 1. The van der Waals surface area contributed by atoms with Crippen LogP contribution in [-0.2, 0) is 22.6 Å². The molecule has 0 unspecified atom stereocenters. The van der Waals surface area contributed by atoms with Crippen LogP contribution in [0.15, 0.2) is 30.9 Å². The molecule has 0 radical (unpaired) electrons. The Morgan fingerprint density at radius 3 is 2.79 bits per heavy atom. The summed E-state index contributed by atoms with van der Waals surface area (Å²) in [7, 11) is 0. The first kappa shape index (κ1) is 22.2. The van der Waals surface area contributed by atoms with E-state index in [-0.39, 0.29) is 22.7 Å². The van der Waals surface area contributed by atoms with Gasteiger partial charge in [-0.25, -0.2) is 4.98 Å². The lowest BCUT2D eigenvalue weighted by Crippen LogP contribution is -2.59. The average molecular weight is 468 g/mol. The number of phenols is 1. The molecule has 3 aliphatic heterocycles. The summed E-state index contributed by atoms with van der Waals surface area (Å²) in [6, 6.07) is 5.38. The zero-order valence-electron chi connectivity index (χ0n) is 19.4. The van der Waals surface area contributed by atoms with Crippen LogP contribution in [0, 0.1) is 12.3 Å². The lowest BCUT2D eigenvalue weighted by molar-refractivity contribution is -0.136. The maximum absolute atomic E-state index is 12.0. The van der Waals surface area contributed by atoms with Crippen LogP contribution in [-0.4, -0.2) is 52.7 Å². The van der Waals surface area contributed by atoms with Gasteiger partial charge < -0.3 is 19.6 Å². The van der Waals surface area contributed by atoms with Gasteiger partial charge in [-0.05, 0) is 56.5 Å². The zero-order valence-corrected chi connectivity index (χ0v) is 20.2. The molecule has 0 atom stereocenters. The van der Waals surface area contributed by atoms with Gasteiger partial charge in [0, 0.05) is 49.1 Å². The van der Waals surface area contributed by atoms with Crippen molar-refractivity contribution in [2.75, 3.05) is 31.1 Å². The van der Waals surface area contributed by atoms with E-state index in [9.17, 15) is 9.90 Å². The molecule has 2 saturated heterocycles. The molecule has 0 aliphatic carbocycles. The summed E-state index contributed by atoms with van der Waals surface area (Å²) < 4.78 is 6.13. The number of anilines is 1. The van der Waals surface area contributed by atoms with Gasteiger partial charge in [-0.15, -0.1) is 0 Å². The number of aryl methyl sites for hydroxylation is 1. The second-order valence-electron chi connectivity index (χ2n) is 10.3. The second-order valence-corrected chi connectivity index (χ2v) is 10.7. The van der Waals surface area contributed by atoms with E-state index in [1.165, 1.54) is 6.08 Å². The van der Waals surface area contributed by atoms with E-state index in [4.69, 9.17) is 21.3 Å². The highest BCUT2D eigenvalue weighted by molar-refractivity contribution is 6.36. The third-order valence-corrected chi connectivity index (χ3v) is 7.63. The van der Waals surface area contributed by atoms with E-state index < -0.39 is 0 Å². The molecule has 2 fully saturated rings. The zero-order chi connectivity index (χ0) is 23.5. The molecule has 5 rings (SSSR count). The van der Waals surface area contributed by atoms with Gasteiger partial charge in [0.05, 0.1) is 22.9 Å². The Morgan fingerprint density at radius 2 is 2.06 bits per heavy atom. The Labute approximate surface area is 199 Å². The molecule has 6 nitrogen and oxygen atoms in total. The summed E-state index contributed by atoms with van der Waals surface area (Å²) in [5, 5.41) is 10.8. The number of carbonyl (C=O) groups is 1. The fraction of sp³-hybridized carbons (Fsp3) is 0.462. The number of aromatic hydroxyl groups is 1. The first-order valence-electron chi connectivity index (χ1n) is 11.4. The molecule has 1 aromatic carbocycles. The highest BCUT2D eigenvalue weighted by Crippen LogP contribution is 2.47. The maximum Gasteiger partial charge on any atom is 0.245 e. The van der Waals surface area contributed by atoms with Gasteiger partial charge in [0.1, 0.15) is 11.6 Å². The van der Waals surface area contributed by atoms with Gasteiger partial charge in [-0.3, -0.25) is 4.79 Å². The number of ether oxygens (including phenoxy) is 1. The molecule has 7 heteroatoms. The minimum absolute atomic E-state index is 0.00658. The summed E-state index contributed by atoms with van der Waals surface area (Å²) in [5.74, 6) is 0.988. The summed E-state index contributed by atoms with van der Waals surface area (Å²) >= 11 is 7.09. The molecule has 4 heterocycles. The van der Waals surface area contributed by atoms with Crippen LogP contribution in [0.2, 0.25) is 5.02 Å². The SMILES string of the molecule is C=CC(=O)N1CC2(CCN(c3nc4c(c(-c5cc(O)ccc5C)c3Cl)COC(C)(C)C4)C2)C1. The summed E-state index contributed by atoms with van der Waals surface area (Å²) in [5.41, 5.74) is 4.63. The fourth-order valence-corrected chi connectivity index (χ4v) is 5.83. The highest BCUT2D eigenvalue weighted by atomic mass is 35.5. The van der Waals surface area contributed by atoms with E-state index >= 15 is 0 Å². The Balaban J connectivity index is 1.56. The number of fused-ring (bicyclic) bond motifs is 1. The molecule has 2 aromatic rings. The van der Waals surface area contributed by atoms with Gasteiger partial charge in [0.2, 0.25) is 5.91 Å². The van der Waals surface area contributed by atoms with Crippen molar-refractivity contribution < 1.29 is 14.6 Å². The van der Waals surface area contributed by atoms with Crippen LogP contribution in [0.5, 0.6) is 5.75 Å². The number of benzene rings is 1. The molecule has 1 amide bonds. The van der Waals surface area contributed by atoms with E-state index in [2.05, 4.69) is 25.3 Å². The molecule has 0 bridgehead atoms. The van der Waals surface area contributed by atoms with Gasteiger partial charge in [-0.2, -0.15) is 0 Å². The average Bonchev–Trinajstić information content (AvgIpc) is 3.19. The standard InChI is InChI=1S/C26H30ClN3O3/c1-5-21(32)30-14-26(15-30)8-9-29(13-26)24-23(27)22(18-10-17(31)7-6-16(18)2)19-12-33-25(3,4)11-20(19)28-24/h5-7,10,31H,1,8-9,11-15H2,2-4H3. The smallest absolute Gasteiger partial charge is 0.245 e. The van der Waals surface area contributed by atoms with Gasteiger partial charge >= 0.3 is 0 Å². The number of hydrogen-bond donors (Lipinski definition) is 1. The number of pyridine rings is 1. The molecule has 1 N–H and O–H groups in total. The molecular weight excluding hydrogens is 438 g/mol. The number of phenolic OH excluding ortho intramolecular Hbond substituents is 1. The predicted octanol–water partition coefficient (Wildman–Crippen LogP) is 4.49. The van der Waals surface area contributed by atoms with Gasteiger partial charge in [0.15, 0.2) is 0 Å². The Kier molecular flexibility index (Phi) is 5.22. The van der Waals surface area contributed by atoms with Crippen LogP contribution >= 0.6 is 11.6 Å². The van der Waals surface area contributed by atoms with Crippen molar-refractivity contribution in [3.05, 3.63) is 52.7 Å². The largest absolute Gasteiger partial charge is 0.508 e. The van der Waals surface area contributed by atoms with Crippen molar-refractivity contribution in [3.63, 3.8) is 0 Å². The second kappa shape index (κ2) is 7.74. The number of hydrogen-bond acceptors (Lipinski definition) is 5. The van der Waals surface area contributed by atoms with Crippen LogP contribution in [0.1, 0.15) is 37.1 Å². The Bertz CT molecular complexity index is 1150. The first-order chi connectivity index (χ1) is 15.6. The fourth-order valence-electron chi connectivity index (χ4n) is 5.45. The van der Waals surface area contributed by atoms with Crippen molar-refractivity contribution in [2.24, 2.45) is 5.41 Å². The molecule has 0 saturated carbocycles. The van der Waals surface area contributed by atoms with E-state index in [1.807, 2.05) is 17.9 Å². The van der Waals surface area contributed by atoms with Crippen LogP contribution in [0.3, 0.4) is 0 Å². The van der Waals surface area contributed by atoms with Crippen molar-refractivity contribution in [1.29, 1.82) is 0 Å². The molecule has 174 valence electrons.